The minimum absolute atomic E-state index is 0.247. The van der Waals surface area contributed by atoms with E-state index in [4.69, 9.17) is 4.55 Å². The zero-order chi connectivity index (χ0) is 13.9. The van der Waals surface area contributed by atoms with E-state index in [2.05, 4.69) is 5.32 Å². The van der Waals surface area contributed by atoms with Crippen LogP contribution in [0, 0.1) is 6.92 Å². The number of carbonyl (C=O) groups is 2. The van der Waals surface area contributed by atoms with Crippen LogP contribution in [0.15, 0.2) is 23.1 Å². The predicted molar refractivity (Wildman–Crippen MR) is 64.9 cm³/mol. The first-order chi connectivity index (χ1) is 8.20. The number of ketones is 1. The van der Waals surface area contributed by atoms with E-state index in [1.54, 1.807) is 6.92 Å². The third-order valence-electron chi connectivity index (χ3n) is 2.19. The Morgan fingerprint density at radius 2 is 1.94 bits per heavy atom. The van der Waals surface area contributed by atoms with Gasteiger partial charge in [-0.1, -0.05) is 6.07 Å². The SMILES string of the molecule is CC(=O)CC(=O)Nc1cc(S(=O)(=O)O)ccc1C. The third kappa shape index (κ3) is 3.94. The van der Waals surface area contributed by atoms with Crippen molar-refractivity contribution in [3.05, 3.63) is 23.8 Å². The smallest absolute Gasteiger partial charge is 0.294 e. The first-order valence-corrected chi connectivity index (χ1v) is 6.51. The number of amides is 1. The van der Waals surface area contributed by atoms with Crippen LogP contribution in [0.2, 0.25) is 0 Å². The average molecular weight is 271 g/mol. The maximum absolute atomic E-state index is 11.4. The molecule has 0 heterocycles. The highest BCUT2D eigenvalue weighted by molar-refractivity contribution is 7.85. The zero-order valence-corrected chi connectivity index (χ0v) is 10.7. The largest absolute Gasteiger partial charge is 0.325 e. The van der Waals surface area contributed by atoms with Crippen LogP contribution >= 0.6 is 0 Å². The number of benzene rings is 1. The first kappa shape index (κ1) is 14.3. The van der Waals surface area contributed by atoms with Gasteiger partial charge in [0.25, 0.3) is 10.1 Å². The molecular weight excluding hydrogens is 258 g/mol. The molecule has 6 nitrogen and oxygen atoms in total. The topological polar surface area (TPSA) is 101 Å². The molecule has 2 N–H and O–H groups in total. The van der Waals surface area contributed by atoms with Crippen LogP contribution in [-0.2, 0) is 19.7 Å². The van der Waals surface area contributed by atoms with Crippen molar-refractivity contribution >= 4 is 27.5 Å². The summed E-state index contributed by atoms with van der Waals surface area (Å²) in [6.07, 6.45) is -0.282. The van der Waals surface area contributed by atoms with Crippen LogP contribution < -0.4 is 5.32 Å². The van der Waals surface area contributed by atoms with Gasteiger partial charge in [0, 0.05) is 5.69 Å². The second kappa shape index (κ2) is 5.28. The molecule has 7 heteroatoms. The van der Waals surface area contributed by atoms with Crippen LogP contribution in [0.4, 0.5) is 5.69 Å². The van der Waals surface area contributed by atoms with Crippen LogP contribution in [0.1, 0.15) is 18.9 Å². The van der Waals surface area contributed by atoms with Crippen LogP contribution in [0.25, 0.3) is 0 Å². The minimum atomic E-state index is -4.32. The number of carbonyl (C=O) groups excluding carboxylic acids is 2. The van der Waals surface area contributed by atoms with Gasteiger partial charge in [0.1, 0.15) is 5.78 Å². The molecule has 18 heavy (non-hydrogen) atoms. The number of hydrogen-bond donors (Lipinski definition) is 2. The van der Waals surface area contributed by atoms with E-state index in [9.17, 15) is 18.0 Å². The van der Waals surface area contributed by atoms with Crippen LogP contribution in [-0.4, -0.2) is 24.7 Å². The molecule has 1 amide bonds. The van der Waals surface area contributed by atoms with Crippen molar-refractivity contribution in [2.75, 3.05) is 5.32 Å². The Morgan fingerprint density at radius 3 is 2.44 bits per heavy atom. The molecule has 0 saturated heterocycles. The normalized spacial score (nSPS) is 11.1. The molecule has 98 valence electrons. The van der Waals surface area contributed by atoms with Gasteiger partial charge in [-0.15, -0.1) is 0 Å². The monoisotopic (exact) mass is 271 g/mol. The van der Waals surface area contributed by atoms with Gasteiger partial charge >= 0.3 is 0 Å². The Kier molecular flexibility index (Phi) is 4.20. The fraction of sp³-hybridized carbons (Fsp3) is 0.273. The predicted octanol–water partition coefficient (Wildman–Crippen LogP) is 1.16. The number of anilines is 1. The summed E-state index contributed by atoms with van der Waals surface area (Å²) in [5.74, 6) is -0.825. The number of rotatable bonds is 4. The molecule has 0 radical (unpaired) electrons. The maximum atomic E-state index is 11.4. The van der Waals surface area contributed by atoms with E-state index in [1.807, 2.05) is 0 Å². The zero-order valence-electron chi connectivity index (χ0n) is 9.93. The van der Waals surface area contributed by atoms with Crippen LogP contribution in [0.5, 0.6) is 0 Å². The molecule has 0 atom stereocenters. The highest BCUT2D eigenvalue weighted by atomic mass is 32.2. The lowest BCUT2D eigenvalue weighted by atomic mass is 10.2. The maximum Gasteiger partial charge on any atom is 0.294 e. The Bertz CT molecular complexity index is 591. The second-order valence-electron chi connectivity index (χ2n) is 3.88. The number of nitrogens with one attached hydrogen (secondary N) is 1. The van der Waals surface area contributed by atoms with E-state index in [1.165, 1.54) is 19.1 Å². The Labute approximate surface area is 105 Å². The molecule has 0 fully saturated rings. The Hall–Kier alpha value is -1.73. The minimum Gasteiger partial charge on any atom is -0.325 e. The Balaban J connectivity index is 3.02. The lowest BCUT2D eigenvalue weighted by Gasteiger charge is -2.08. The van der Waals surface area contributed by atoms with E-state index in [0.29, 0.717) is 5.56 Å². The molecule has 0 saturated carbocycles. The summed E-state index contributed by atoms with van der Waals surface area (Å²) in [5, 5.41) is 2.42. The fourth-order valence-electron chi connectivity index (χ4n) is 1.32. The van der Waals surface area contributed by atoms with Gasteiger partial charge in [-0.25, -0.2) is 0 Å². The molecule has 0 bridgehead atoms. The van der Waals surface area contributed by atoms with E-state index < -0.39 is 16.0 Å². The molecule has 0 aliphatic heterocycles. The first-order valence-electron chi connectivity index (χ1n) is 5.07. The molecule has 0 aromatic heterocycles. The quantitative estimate of drug-likeness (QED) is 0.632. The van der Waals surface area contributed by atoms with Crippen molar-refractivity contribution in [3.63, 3.8) is 0 Å². The van der Waals surface area contributed by atoms with Gasteiger partial charge in [-0.3, -0.25) is 14.1 Å². The van der Waals surface area contributed by atoms with Crippen molar-refractivity contribution in [1.82, 2.24) is 0 Å². The standard InChI is InChI=1S/C11H13NO5S/c1-7-3-4-9(18(15,16)17)6-10(7)12-11(14)5-8(2)13/h3-4,6H,5H2,1-2H3,(H,12,14)(H,15,16,17). The fourth-order valence-corrected chi connectivity index (χ4v) is 1.82. The average Bonchev–Trinajstić information content (AvgIpc) is 2.18. The molecule has 1 aromatic rings. The lowest BCUT2D eigenvalue weighted by Crippen LogP contribution is -2.15. The third-order valence-corrected chi connectivity index (χ3v) is 3.04. The summed E-state index contributed by atoms with van der Waals surface area (Å²) in [5.41, 5.74) is 0.871. The molecule has 1 rings (SSSR count). The summed E-state index contributed by atoms with van der Waals surface area (Å²) >= 11 is 0. The van der Waals surface area contributed by atoms with Gasteiger partial charge in [0.15, 0.2) is 0 Å². The Morgan fingerprint density at radius 1 is 1.33 bits per heavy atom. The van der Waals surface area contributed by atoms with Crippen LogP contribution in [0.3, 0.4) is 0 Å². The molecule has 0 aliphatic carbocycles. The molecule has 0 unspecified atom stereocenters. The summed E-state index contributed by atoms with van der Waals surface area (Å²) in [6.45, 7) is 2.94. The van der Waals surface area contributed by atoms with Crippen molar-refractivity contribution in [2.45, 2.75) is 25.2 Å². The van der Waals surface area contributed by atoms with Crippen molar-refractivity contribution < 1.29 is 22.6 Å². The van der Waals surface area contributed by atoms with Gasteiger partial charge in [-0.2, -0.15) is 8.42 Å². The molecule has 0 spiro atoms. The number of hydrogen-bond acceptors (Lipinski definition) is 4. The molecule has 1 aromatic carbocycles. The van der Waals surface area contributed by atoms with Crippen molar-refractivity contribution in [3.8, 4) is 0 Å². The van der Waals surface area contributed by atoms with Crippen molar-refractivity contribution in [2.24, 2.45) is 0 Å². The van der Waals surface area contributed by atoms with Gasteiger partial charge < -0.3 is 5.32 Å². The summed E-state index contributed by atoms with van der Waals surface area (Å²) < 4.78 is 30.8. The van der Waals surface area contributed by atoms with E-state index >= 15 is 0 Å². The molecular formula is C11H13NO5S. The van der Waals surface area contributed by atoms with Gasteiger partial charge in [0.2, 0.25) is 5.91 Å². The highest BCUT2D eigenvalue weighted by Crippen LogP contribution is 2.20. The molecule has 0 aliphatic rings. The lowest BCUT2D eigenvalue weighted by molar-refractivity contribution is -0.124. The number of Topliss-reactive ketones (excluding diaryl/α,β-unsaturated/α-hetero) is 1. The summed E-state index contributed by atoms with van der Waals surface area (Å²) in [7, 11) is -4.32. The highest BCUT2D eigenvalue weighted by Gasteiger charge is 2.13. The van der Waals surface area contributed by atoms with E-state index in [-0.39, 0.29) is 22.8 Å². The van der Waals surface area contributed by atoms with Crippen molar-refractivity contribution in [1.29, 1.82) is 0 Å². The number of aryl methyl sites for hydroxylation is 1. The second-order valence-corrected chi connectivity index (χ2v) is 5.30. The van der Waals surface area contributed by atoms with E-state index in [0.717, 1.165) is 6.07 Å². The van der Waals surface area contributed by atoms with Gasteiger partial charge in [-0.05, 0) is 31.5 Å². The summed E-state index contributed by atoms with van der Waals surface area (Å²) in [4.78, 5) is 21.8. The van der Waals surface area contributed by atoms with Gasteiger partial charge in [0.05, 0.1) is 11.3 Å². The summed E-state index contributed by atoms with van der Waals surface area (Å²) in [6, 6.07) is 3.82.